The second-order valence-corrected chi connectivity index (χ2v) is 23.9. The van der Waals surface area contributed by atoms with Crippen molar-refractivity contribution in [2.45, 2.75) is 233 Å². The van der Waals surface area contributed by atoms with Gasteiger partial charge in [-0.15, -0.1) is 0 Å². The average molecular weight is 1050 g/mol. The summed E-state index contributed by atoms with van der Waals surface area (Å²) >= 11 is 0. The van der Waals surface area contributed by atoms with Gasteiger partial charge in [-0.2, -0.15) is 0 Å². The molecular formula is C51H82O22. The Hall–Kier alpha value is -1.14. The predicted molar refractivity (Wildman–Crippen MR) is 247 cm³/mol. The van der Waals surface area contributed by atoms with Gasteiger partial charge in [-0.3, -0.25) is 0 Å². The molecule has 12 N–H and O–H groups in total. The minimum atomic E-state index is -2.03. The van der Waals surface area contributed by atoms with E-state index in [2.05, 4.69) is 33.8 Å². The molecule has 10 aliphatic rings. The van der Waals surface area contributed by atoms with E-state index in [0.29, 0.717) is 48.3 Å². The highest BCUT2D eigenvalue weighted by molar-refractivity contribution is 5.26. The lowest BCUT2D eigenvalue weighted by atomic mass is 9.47. The van der Waals surface area contributed by atoms with Crippen molar-refractivity contribution in [3.8, 4) is 0 Å². The first-order valence-corrected chi connectivity index (χ1v) is 26.9. The molecule has 1 spiro atoms. The van der Waals surface area contributed by atoms with E-state index in [4.69, 9.17) is 47.4 Å². The van der Waals surface area contributed by atoms with Gasteiger partial charge in [-0.1, -0.05) is 39.3 Å². The third-order valence-corrected chi connectivity index (χ3v) is 19.8. The van der Waals surface area contributed by atoms with Crippen LogP contribution in [0.1, 0.15) is 92.4 Å². The van der Waals surface area contributed by atoms with Gasteiger partial charge in [0.1, 0.15) is 91.6 Å². The van der Waals surface area contributed by atoms with E-state index in [0.717, 1.165) is 51.6 Å². The predicted octanol–water partition coefficient (Wildman–Crippen LogP) is -1.96. The Bertz CT molecular complexity index is 1920. The number of aliphatic hydroxyl groups is 12. The molecule has 31 unspecified atom stereocenters. The van der Waals surface area contributed by atoms with Crippen LogP contribution in [-0.4, -0.2) is 229 Å². The number of hydrogen-bond acceptors (Lipinski definition) is 22. The molecule has 73 heavy (non-hydrogen) atoms. The fourth-order valence-corrected chi connectivity index (χ4v) is 15.5. The summed E-state index contributed by atoms with van der Waals surface area (Å²) in [5.74, 6) is 2.51. The molecule has 0 bridgehead atoms. The average Bonchev–Trinajstić information content (AvgIpc) is 3.82. The van der Waals surface area contributed by atoms with Gasteiger partial charge in [0.05, 0.1) is 44.7 Å². The van der Waals surface area contributed by atoms with E-state index < -0.39 is 148 Å². The zero-order valence-corrected chi connectivity index (χ0v) is 42.4. The summed E-state index contributed by atoms with van der Waals surface area (Å²) in [4.78, 5) is 0. The zero-order valence-electron chi connectivity index (χ0n) is 42.4. The third kappa shape index (κ3) is 9.42. The normalized spacial score (nSPS) is 57.1. The van der Waals surface area contributed by atoms with Gasteiger partial charge >= 0.3 is 0 Å². The molecule has 0 amide bonds. The van der Waals surface area contributed by atoms with Gasteiger partial charge in [-0.05, 0) is 98.7 Å². The monoisotopic (exact) mass is 1050 g/mol. The standard InChI is InChI=1S/C51H82O22/c1-20-8-13-51(64-19-20)21(2)32-28(73-51)15-27-25-7-6-23-14-24(9-11-49(23,4)26(25)10-12-50(27,32)5)66-46-40(62)37(59)43(31(18-54)68-46)71-48-44(36(58)34(56)29(16-52)67-48)72-47-41(63)38(60)42(30(17-53)69-47)70-45-39(61)35(57)33(55)22(3)65-45/h6,20-22,24-48,52-63H,7-19H2,1-5H3. The van der Waals surface area contributed by atoms with Crippen molar-refractivity contribution in [2.24, 2.45) is 46.3 Å². The number of aliphatic hydroxyl groups excluding tert-OH is 12. The maximum Gasteiger partial charge on any atom is 0.187 e. The summed E-state index contributed by atoms with van der Waals surface area (Å²) in [6.45, 7) is 9.26. The molecule has 31 atom stereocenters. The molecule has 4 aliphatic carbocycles. The molecule has 3 saturated carbocycles. The summed E-state index contributed by atoms with van der Waals surface area (Å²) in [6, 6.07) is 0. The summed E-state index contributed by atoms with van der Waals surface area (Å²) in [5, 5.41) is 130. The molecule has 418 valence electrons. The van der Waals surface area contributed by atoms with Crippen molar-refractivity contribution >= 4 is 0 Å². The van der Waals surface area contributed by atoms with Crippen LogP contribution < -0.4 is 0 Å². The fourth-order valence-electron chi connectivity index (χ4n) is 15.5. The maximum absolute atomic E-state index is 11.7. The maximum atomic E-state index is 11.7. The van der Waals surface area contributed by atoms with E-state index in [9.17, 15) is 61.3 Å². The first-order valence-electron chi connectivity index (χ1n) is 26.9. The first-order chi connectivity index (χ1) is 34.7. The summed E-state index contributed by atoms with van der Waals surface area (Å²) in [7, 11) is 0. The lowest BCUT2D eigenvalue weighted by molar-refractivity contribution is -0.397. The molecule has 6 heterocycles. The second-order valence-electron chi connectivity index (χ2n) is 23.9. The summed E-state index contributed by atoms with van der Waals surface area (Å²) in [6.07, 6.45) is -22.7. The molecule has 22 heteroatoms. The largest absolute Gasteiger partial charge is 0.394 e. The van der Waals surface area contributed by atoms with Gasteiger partial charge in [0, 0.05) is 12.3 Å². The van der Waals surface area contributed by atoms with Crippen LogP contribution in [0.2, 0.25) is 0 Å². The number of fused-ring (bicyclic) bond motifs is 7. The van der Waals surface area contributed by atoms with Crippen LogP contribution in [0.25, 0.3) is 0 Å². The fraction of sp³-hybridized carbons (Fsp3) is 0.961. The van der Waals surface area contributed by atoms with E-state index in [-0.39, 0.29) is 23.0 Å². The third-order valence-electron chi connectivity index (χ3n) is 19.8. The smallest absolute Gasteiger partial charge is 0.187 e. The zero-order chi connectivity index (χ0) is 52.2. The number of allylic oxidation sites excluding steroid dienone is 1. The highest BCUT2D eigenvalue weighted by Crippen LogP contribution is 2.71. The van der Waals surface area contributed by atoms with Crippen LogP contribution >= 0.6 is 0 Å². The second kappa shape index (κ2) is 21.2. The van der Waals surface area contributed by atoms with E-state index >= 15 is 0 Å². The molecule has 0 aromatic rings. The summed E-state index contributed by atoms with van der Waals surface area (Å²) < 4.78 is 60.8. The van der Waals surface area contributed by atoms with Crippen LogP contribution in [0.5, 0.6) is 0 Å². The molecule has 0 aromatic heterocycles. The van der Waals surface area contributed by atoms with Crippen LogP contribution in [-0.2, 0) is 47.4 Å². The van der Waals surface area contributed by atoms with Gasteiger partial charge < -0.3 is 109 Å². The molecular weight excluding hydrogens is 965 g/mol. The van der Waals surface area contributed by atoms with Crippen LogP contribution in [0.4, 0.5) is 0 Å². The minimum Gasteiger partial charge on any atom is -0.394 e. The topological polar surface area (TPSA) is 335 Å². The van der Waals surface area contributed by atoms with Gasteiger partial charge in [-0.25, -0.2) is 0 Å². The SMILES string of the molecule is CC1CCC2(OC1)OC1CC3C4CC=C5CC(OC6OC(CO)C(OC7OC(CO)C(O)C(O)C7OC7OC(CO)C(OC8OC(C)C(O)C(O)C8O)C(O)C7O)C(O)C6O)CCC5(C)C4CCC3(C)C1C2C. The van der Waals surface area contributed by atoms with Crippen molar-refractivity contribution in [1.29, 1.82) is 0 Å². The number of rotatable bonds is 11. The molecule has 9 fully saturated rings. The Morgan fingerprint density at radius 3 is 1.78 bits per heavy atom. The van der Waals surface area contributed by atoms with Crippen LogP contribution in [0, 0.1) is 46.3 Å². The highest BCUT2D eigenvalue weighted by Gasteiger charge is 2.69. The molecule has 10 rings (SSSR count). The van der Waals surface area contributed by atoms with Crippen molar-refractivity contribution in [1.82, 2.24) is 0 Å². The Kier molecular flexibility index (Phi) is 16.0. The van der Waals surface area contributed by atoms with E-state index in [1.54, 1.807) is 0 Å². The van der Waals surface area contributed by atoms with Crippen molar-refractivity contribution in [2.75, 3.05) is 26.4 Å². The van der Waals surface area contributed by atoms with E-state index in [1.165, 1.54) is 12.5 Å². The lowest BCUT2D eigenvalue weighted by Gasteiger charge is -2.58. The Morgan fingerprint density at radius 2 is 1.15 bits per heavy atom. The molecule has 0 radical (unpaired) electrons. The Labute approximate surface area is 425 Å². The van der Waals surface area contributed by atoms with Gasteiger partial charge in [0.2, 0.25) is 0 Å². The Morgan fingerprint density at radius 1 is 0.575 bits per heavy atom. The van der Waals surface area contributed by atoms with Gasteiger partial charge in [0.15, 0.2) is 30.9 Å². The molecule has 22 nitrogen and oxygen atoms in total. The van der Waals surface area contributed by atoms with Gasteiger partial charge in [0.25, 0.3) is 0 Å². The quantitative estimate of drug-likeness (QED) is 0.1000. The summed E-state index contributed by atoms with van der Waals surface area (Å²) in [5.41, 5.74) is 1.47. The number of ether oxygens (including phenoxy) is 10. The van der Waals surface area contributed by atoms with Crippen molar-refractivity contribution < 1.29 is 109 Å². The molecule has 6 aliphatic heterocycles. The lowest BCUT2D eigenvalue weighted by Crippen LogP contribution is -2.67. The minimum absolute atomic E-state index is 0.0349. The highest BCUT2D eigenvalue weighted by atomic mass is 16.8. The first kappa shape index (κ1) is 55.2. The Balaban J connectivity index is 0.780. The van der Waals surface area contributed by atoms with E-state index in [1.807, 2.05) is 0 Å². The van der Waals surface area contributed by atoms with Crippen LogP contribution in [0.15, 0.2) is 11.6 Å². The molecule has 0 aromatic carbocycles. The van der Waals surface area contributed by atoms with Crippen molar-refractivity contribution in [3.05, 3.63) is 11.6 Å². The van der Waals surface area contributed by atoms with Crippen molar-refractivity contribution in [3.63, 3.8) is 0 Å². The van der Waals surface area contributed by atoms with Crippen LogP contribution in [0.3, 0.4) is 0 Å². The number of hydrogen-bond donors (Lipinski definition) is 12. The molecule has 6 saturated heterocycles.